The minimum Gasteiger partial charge on any atom is -0.481 e. The molecule has 2 aliphatic rings. The summed E-state index contributed by atoms with van der Waals surface area (Å²) in [6.07, 6.45) is 5.39. The second-order valence-corrected chi connectivity index (χ2v) is 5.71. The first-order chi connectivity index (χ1) is 9.61. The van der Waals surface area contributed by atoms with Gasteiger partial charge >= 0.3 is 12.0 Å². The number of carboxylic acid groups (broad SMARTS) is 1. The third kappa shape index (κ3) is 3.62. The molecule has 2 rings (SSSR count). The summed E-state index contributed by atoms with van der Waals surface area (Å²) in [5.41, 5.74) is 0. The van der Waals surface area contributed by atoms with Crippen LogP contribution < -0.4 is 5.32 Å². The summed E-state index contributed by atoms with van der Waals surface area (Å²) >= 11 is 0. The van der Waals surface area contributed by atoms with E-state index in [1.54, 1.807) is 12.0 Å². The van der Waals surface area contributed by atoms with Crippen LogP contribution in [0.25, 0.3) is 0 Å². The third-order valence-electron chi connectivity index (χ3n) is 4.45. The van der Waals surface area contributed by atoms with Crippen LogP contribution >= 0.6 is 0 Å². The van der Waals surface area contributed by atoms with E-state index in [4.69, 9.17) is 9.84 Å². The Morgan fingerprint density at radius 1 is 1.15 bits per heavy atom. The highest BCUT2D eigenvalue weighted by atomic mass is 16.5. The van der Waals surface area contributed by atoms with E-state index in [1.165, 1.54) is 0 Å². The fourth-order valence-electron chi connectivity index (χ4n) is 3.12. The second kappa shape index (κ2) is 6.92. The molecule has 2 amide bonds. The number of hydrogen-bond donors (Lipinski definition) is 2. The highest BCUT2D eigenvalue weighted by Gasteiger charge is 2.30. The first-order valence-corrected chi connectivity index (χ1v) is 7.43. The lowest BCUT2D eigenvalue weighted by atomic mass is 9.92. The van der Waals surface area contributed by atoms with Crippen molar-refractivity contribution in [2.24, 2.45) is 5.92 Å². The van der Waals surface area contributed by atoms with Gasteiger partial charge in [0.25, 0.3) is 0 Å². The van der Waals surface area contributed by atoms with Gasteiger partial charge in [0, 0.05) is 20.2 Å². The van der Waals surface area contributed by atoms with E-state index >= 15 is 0 Å². The molecule has 0 radical (unpaired) electrons. The zero-order chi connectivity index (χ0) is 14.5. The van der Waals surface area contributed by atoms with E-state index in [-0.39, 0.29) is 24.1 Å². The average molecular weight is 284 g/mol. The van der Waals surface area contributed by atoms with Crippen LogP contribution in [0.4, 0.5) is 4.79 Å². The summed E-state index contributed by atoms with van der Waals surface area (Å²) in [7, 11) is 1.69. The van der Waals surface area contributed by atoms with Crippen LogP contribution in [0.5, 0.6) is 0 Å². The maximum atomic E-state index is 12.2. The van der Waals surface area contributed by atoms with E-state index < -0.39 is 5.97 Å². The van der Waals surface area contributed by atoms with Crippen LogP contribution in [-0.2, 0) is 9.53 Å². The topological polar surface area (TPSA) is 78.9 Å². The van der Waals surface area contributed by atoms with Gasteiger partial charge in [-0.1, -0.05) is 12.8 Å². The van der Waals surface area contributed by atoms with Gasteiger partial charge in [-0.25, -0.2) is 4.79 Å². The fraction of sp³-hybridized carbons (Fsp3) is 0.857. The minimum absolute atomic E-state index is 0.0808. The number of ether oxygens (including phenoxy) is 1. The second-order valence-electron chi connectivity index (χ2n) is 5.71. The average Bonchev–Trinajstić information content (AvgIpc) is 2.48. The van der Waals surface area contributed by atoms with Crippen LogP contribution in [0.3, 0.4) is 0 Å². The van der Waals surface area contributed by atoms with Crippen molar-refractivity contribution in [3.05, 3.63) is 0 Å². The summed E-state index contributed by atoms with van der Waals surface area (Å²) in [5, 5.41) is 12.0. The first kappa shape index (κ1) is 15.1. The van der Waals surface area contributed by atoms with Crippen molar-refractivity contribution in [1.82, 2.24) is 10.2 Å². The number of carbonyl (C=O) groups excluding carboxylic acids is 1. The molecule has 2 fully saturated rings. The van der Waals surface area contributed by atoms with Crippen LogP contribution in [0.2, 0.25) is 0 Å². The van der Waals surface area contributed by atoms with E-state index in [0.717, 1.165) is 25.7 Å². The molecule has 6 heteroatoms. The van der Waals surface area contributed by atoms with Crippen molar-refractivity contribution in [2.75, 3.05) is 20.2 Å². The van der Waals surface area contributed by atoms with Gasteiger partial charge in [0.15, 0.2) is 0 Å². The summed E-state index contributed by atoms with van der Waals surface area (Å²) in [5.74, 6) is -1.06. The van der Waals surface area contributed by atoms with Crippen molar-refractivity contribution in [1.29, 1.82) is 0 Å². The summed E-state index contributed by atoms with van der Waals surface area (Å²) in [6.45, 7) is 1.04. The molecule has 0 aromatic rings. The van der Waals surface area contributed by atoms with Crippen molar-refractivity contribution in [3.63, 3.8) is 0 Å². The van der Waals surface area contributed by atoms with Crippen LogP contribution in [-0.4, -0.2) is 54.4 Å². The Labute approximate surface area is 119 Å². The Morgan fingerprint density at radius 2 is 1.80 bits per heavy atom. The van der Waals surface area contributed by atoms with E-state index in [1.807, 2.05) is 0 Å². The summed E-state index contributed by atoms with van der Waals surface area (Å²) < 4.78 is 5.43. The number of nitrogens with one attached hydrogen (secondary N) is 1. The largest absolute Gasteiger partial charge is 0.481 e. The SMILES string of the molecule is CO[C@@H]1CCCC[C@H]1NC(=O)N1CCC(C(=O)O)CC1. The lowest BCUT2D eigenvalue weighted by molar-refractivity contribution is -0.143. The predicted molar refractivity (Wildman–Crippen MR) is 73.5 cm³/mol. The van der Waals surface area contributed by atoms with Gasteiger partial charge in [0.2, 0.25) is 0 Å². The summed E-state index contributed by atoms with van der Waals surface area (Å²) in [4.78, 5) is 24.8. The molecule has 1 aliphatic heterocycles. The van der Waals surface area contributed by atoms with E-state index in [0.29, 0.717) is 25.9 Å². The molecule has 0 bridgehead atoms. The number of carboxylic acids is 1. The molecule has 2 N–H and O–H groups in total. The fourth-order valence-corrected chi connectivity index (χ4v) is 3.12. The number of urea groups is 1. The third-order valence-corrected chi connectivity index (χ3v) is 4.45. The van der Waals surface area contributed by atoms with Crippen molar-refractivity contribution in [2.45, 2.75) is 50.7 Å². The van der Waals surface area contributed by atoms with Crippen molar-refractivity contribution >= 4 is 12.0 Å². The molecule has 2 atom stereocenters. The summed E-state index contributed by atoms with van der Waals surface area (Å²) in [6, 6.07) is 0.00114. The number of amides is 2. The minimum atomic E-state index is -0.753. The number of piperidine rings is 1. The zero-order valence-electron chi connectivity index (χ0n) is 12.0. The van der Waals surface area contributed by atoms with Gasteiger partial charge in [-0.05, 0) is 25.7 Å². The highest BCUT2D eigenvalue weighted by molar-refractivity contribution is 5.75. The molecule has 1 aliphatic carbocycles. The standard InChI is InChI=1S/C14H24N2O4/c1-20-12-5-3-2-4-11(12)15-14(19)16-8-6-10(7-9-16)13(17)18/h10-12H,2-9H2,1H3,(H,15,19)(H,17,18)/t11-,12-/m1/s1. The monoisotopic (exact) mass is 284 g/mol. The molecule has 0 unspecified atom stereocenters. The molecule has 1 saturated heterocycles. The van der Waals surface area contributed by atoms with Crippen molar-refractivity contribution in [3.8, 4) is 0 Å². The number of likely N-dealkylation sites (tertiary alicyclic amines) is 1. The molecule has 1 saturated carbocycles. The number of aliphatic carboxylic acids is 1. The molecule has 0 spiro atoms. The maximum absolute atomic E-state index is 12.2. The smallest absolute Gasteiger partial charge is 0.317 e. The molecule has 114 valence electrons. The number of carbonyl (C=O) groups is 2. The molecule has 0 aromatic carbocycles. The first-order valence-electron chi connectivity index (χ1n) is 7.43. The molecule has 20 heavy (non-hydrogen) atoms. The van der Waals surface area contributed by atoms with Gasteiger partial charge in [-0.15, -0.1) is 0 Å². The number of methoxy groups -OCH3 is 1. The predicted octanol–water partition coefficient (Wildman–Crippen LogP) is 1.45. The van der Waals surface area contributed by atoms with Gasteiger partial charge in [-0.2, -0.15) is 0 Å². The lowest BCUT2D eigenvalue weighted by Crippen LogP contribution is -2.52. The van der Waals surface area contributed by atoms with E-state index in [9.17, 15) is 9.59 Å². The normalized spacial score (nSPS) is 28.1. The Balaban J connectivity index is 1.81. The number of nitrogens with zero attached hydrogens (tertiary/aromatic N) is 1. The molecular formula is C14H24N2O4. The van der Waals surface area contributed by atoms with Gasteiger partial charge in [-0.3, -0.25) is 4.79 Å². The lowest BCUT2D eigenvalue weighted by Gasteiger charge is -2.35. The van der Waals surface area contributed by atoms with Crippen LogP contribution in [0, 0.1) is 5.92 Å². The molecular weight excluding hydrogens is 260 g/mol. The van der Waals surface area contributed by atoms with Crippen molar-refractivity contribution < 1.29 is 19.4 Å². The Kier molecular flexibility index (Phi) is 5.23. The quantitative estimate of drug-likeness (QED) is 0.822. The zero-order valence-corrected chi connectivity index (χ0v) is 12.0. The van der Waals surface area contributed by atoms with Crippen LogP contribution in [0.1, 0.15) is 38.5 Å². The molecule has 6 nitrogen and oxygen atoms in total. The Morgan fingerprint density at radius 3 is 2.40 bits per heavy atom. The van der Waals surface area contributed by atoms with Gasteiger partial charge in [0.05, 0.1) is 18.1 Å². The van der Waals surface area contributed by atoms with E-state index in [2.05, 4.69) is 5.32 Å². The Hall–Kier alpha value is -1.30. The van der Waals surface area contributed by atoms with Crippen LogP contribution in [0.15, 0.2) is 0 Å². The van der Waals surface area contributed by atoms with Gasteiger partial charge in [0.1, 0.15) is 0 Å². The number of rotatable bonds is 3. The van der Waals surface area contributed by atoms with Gasteiger partial charge < -0.3 is 20.1 Å². The molecule has 1 heterocycles. The molecule has 0 aromatic heterocycles. The highest BCUT2D eigenvalue weighted by Crippen LogP contribution is 2.22. The Bertz CT molecular complexity index is 353. The maximum Gasteiger partial charge on any atom is 0.317 e. The number of hydrogen-bond acceptors (Lipinski definition) is 3.